The van der Waals surface area contributed by atoms with Crippen LogP contribution in [0.25, 0.3) is 11.5 Å². The Kier molecular flexibility index (Phi) is 7.37. The first kappa shape index (κ1) is 23.1. The van der Waals surface area contributed by atoms with Crippen molar-refractivity contribution in [3.05, 3.63) is 58.6 Å². The van der Waals surface area contributed by atoms with Gasteiger partial charge >= 0.3 is 0 Å². The third-order valence-corrected chi connectivity index (χ3v) is 7.29. The molecule has 1 aromatic heterocycles. The van der Waals surface area contributed by atoms with Gasteiger partial charge in [0.2, 0.25) is 26.6 Å². The minimum absolute atomic E-state index is 0.0919. The van der Waals surface area contributed by atoms with E-state index in [9.17, 15) is 8.42 Å². The number of anilines is 1. The first-order valence-electron chi connectivity index (χ1n) is 10.2. The molecule has 32 heavy (non-hydrogen) atoms. The SMILES string of the molecule is O=S(=O)(c1ccc(Cl)cc1)c1nc(-c2ccc(Cl)cc2)oc1NCCCN1CCOCC1. The van der Waals surface area contributed by atoms with Gasteiger partial charge in [-0.3, -0.25) is 4.90 Å². The predicted molar refractivity (Wildman–Crippen MR) is 124 cm³/mol. The minimum atomic E-state index is -3.92. The van der Waals surface area contributed by atoms with Gasteiger partial charge in [0.1, 0.15) is 0 Å². The van der Waals surface area contributed by atoms with E-state index in [1.54, 1.807) is 24.3 Å². The highest BCUT2D eigenvalue weighted by molar-refractivity contribution is 7.91. The summed E-state index contributed by atoms with van der Waals surface area (Å²) in [6.07, 6.45) is 0.817. The van der Waals surface area contributed by atoms with Gasteiger partial charge in [0, 0.05) is 35.2 Å². The Hall–Kier alpha value is -2.10. The number of halogens is 2. The standard InChI is InChI=1S/C22H23Cl2N3O4S/c23-17-4-2-16(3-5-17)20-26-22(32(28,29)19-8-6-18(24)7-9-19)21(31-20)25-10-1-11-27-12-14-30-15-13-27/h2-9,25H,1,10-15H2. The molecule has 4 rings (SSSR count). The zero-order valence-electron chi connectivity index (χ0n) is 17.3. The van der Waals surface area contributed by atoms with E-state index in [1.165, 1.54) is 24.3 Å². The minimum Gasteiger partial charge on any atom is -0.419 e. The van der Waals surface area contributed by atoms with Crippen LogP contribution in [0.1, 0.15) is 6.42 Å². The average molecular weight is 496 g/mol. The lowest BCUT2D eigenvalue weighted by Gasteiger charge is -2.26. The fourth-order valence-electron chi connectivity index (χ4n) is 3.37. The van der Waals surface area contributed by atoms with Crippen LogP contribution in [0, 0.1) is 0 Å². The highest BCUT2D eigenvalue weighted by Crippen LogP contribution is 2.33. The molecule has 0 saturated carbocycles. The molecule has 0 aliphatic carbocycles. The van der Waals surface area contributed by atoms with Crippen molar-refractivity contribution in [2.24, 2.45) is 0 Å². The lowest BCUT2D eigenvalue weighted by molar-refractivity contribution is 0.0378. The van der Waals surface area contributed by atoms with Crippen LogP contribution in [0.2, 0.25) is 10.0 Å². The normalized spacial score (nSPS) is 15.1. The molecular formula is C22H23Cl2N3O4S. The molecule has 1 saturated heterocycles. The van der Waals surface area contributed by atoms with E-state index in [0.717, 1.165) is 39.3 Å². The Labute approximate surface area is 197 Å². The quantitative estimate of drug-likeness (QED) is 0.456. The molecule has 0 amide bonds. The van der Waals surface area contributed by atoms with Crippen LogP contribution >= 0.6 is 23.2 Å². The Morgan fingerprint density at radius 1 is 0.969 bits per heavy atom. The van der Waals surface area contributed by atoms with E-state index < -0.39 is 9.84 Å². The first-order chi connectivity index (χ1) is 15.4. The number of rotatable bonds is 8. The largest absolute Gasteiger partial charge is 0.419 e. The van der Waals surface area contributed by atoms with Crippen molar-refractivity contribution in [1.29, 1.82) is 0 Å². The predicted octanol–water partition coefficient (Wildman–Crippen LogP) is 4.62. The van der Waals surface area contributed by atoms with Crippen LogP contribution in [0.3, 0.4) is 0 Å². The number of hydrogen-bond acceptors (Lipinski definition) is 7. The summed E-state index contributed by atoms with van der Waals surface area (Å²) >= 11 is 11.9. The zero-order chi connectivity index (χ0) is 22.6. The number of hydrogen-bond donors (Lipinski definition) is 1. The molecule has 1 aliphatic rings. The van der Waals surface area contributed by atoms with Crippen molar-refractivity contribution in [3.63, 3.8) is 0 Å². The van der Waals surface area contributed by atoms with E-state index in [4.69, 9.17) is 32.4 Å². The number of oxazole rings is 1. The lowest BCUT2D eigenvalue weighted by Crippen LogP contribution is -2.37. The van der Waals surface area contributed by atoms with Crippen molar-refractivity contribution in [2.45, 2.75) is 16.3 Å². The van der Waals surface area contributed by atoms with Crippen LogP contribution in [0.15, 0.2) is 62.9 Å². The van der Waals surface area contributed by atoms with Crippen molar-refractivity contribution < 1.29 is 17.6 Å². The molecule has 2 heterocycles. The monoisotopic (exact) mass is 495 g/mol. The van der Waals surface area contributed by atoms with Gasteiger partial charge < -0.3 is 14.5 Å². The number of aromatic nitrogens is 1. The molecule has 3 aromatic rings. The molecule has 0 radical (unpaired) electrons. The van der Waals surface area contributed by atoms with Crippen molar-refractivity contribution in [1.82, 2.24) is 9.88 Å². The van der Waals surface area contributed by atoms with E-state index >= 15 is 0 Å². The fourth-order valence-corrected chi connectivity index (χ4v) is 4.90. The summed E-state index contributed by atoms with van der Waals surface area (Å²) in [5, 5.41) is 3.98. The Bertz CT molecular complexity index is 1140. The smallest absolute Gasteiger partial charge is 0.233 e. The van der Waals surface area contributed by atoms with Crippen molar-refractivity contribution in [3.8, 4) is 11.5 Å². The maximum atomic E-state index is 13.3. The third kappa shape index (κ3) is 5.44. The molecule has 0 atom stereocenters. The summed E-state index contributed by atoms with van der Waals surface area (Å²) in [6.45, 7) is 4.70. The number of nitrogens with one attached hydrogen (secondary N) is 1. The first-order valence-corrected chi connectivity index (χ1v) is 12.5. The summed E-state index contributed by atoms with van der Waals surface area (Å²) in [4.78, 5) is 6.74. The molecule has 7 nitrogen and oxygen atoms in total. The van der Waals surface area contributed by atoms with Gasteiger partial charge in [-0.1, -0.05) is 23.2 Å². The lowest BCUT2D eigenvalue weighted by atomic mass is 10.2. The van der Waals surface area contributed by atoms with Crippen LogP contribution in [-0.2, 0) is 14.6 Å². The maximum Gasteiger partial charge on any atom is 0.233 e. The molecule has 1 aliphatic heterocycles. The van der Waals surface area contributed by atoms with Gasteiger partial charge in [0.15, 0.2) is 0 Å². The van der Waals surface area contributed by atoms with Gasteiger partial charge in [0.25, 0.3) is 0 Å². The molecule has 0 spiro atoms. The molecule has 2 aromatic carbocycles. The van der Waals surface area contributed by atoms with E-state index in [1.807, 2.05) is 0 Å². The summed E-state index contributed by atoms with van der Waals surface area (Å²) in [7, 11) is -3.92. The van der Waals surface area contributed by atoms with Gasteiger partial charge in [0.05, 0.1) is 18.1 Å². The van der Waals surface area contributed by atoms with Gasteiger partial charge in [-0.2, -0.15) is 4.98 Å². The van der Waals surface area contributed by atoms with Gasteiger partial charge in [-0.05, 0) is 61.5 Å². The van der Waals surface area contributed by atoms with Crippen LogP contribution in [-0.4, -0.2) is 57.7 Å². The molecule has 170 valence electrons. The van der Waals surface area contributed by atoms with Crippen LogP contribution < -0.4 is 5.32 Å². The maximum absolute atomic E-state index is 13.3. The summed E-state index contributed by atoms with van der Waals surface area (Å²) in [5.41, 5.74) is 0.628. The average Bonchev–Trinajstić information content (AvgIpc) is 3.23. The molecule has 1 fully saturated rings. The highest BCUT2D eigenvalue weighted by atomic mass is 35.5. The molecule has 1 N–H and O–H groups in total. The Morgan fingerprint density at radius 2 is 1.59 bits per heavy atom. The van der Waals surface area contributed by atoms with Crippen LogP contribution in [0.5, 0.6) is 0 Å². The Balaban J connectivity index is 1.58. The van der Waals surface area contributed by atoms with Gasteiger partial charge in [-0.15, -0.1) is 0 Å². The number of ether oxygens (including phenoxy) is 1. The van der Waals surface area contributed by atoms with Crippen molar-refractivity contribution in [2.75, 3.05) is 44.7 Å². The van der Waals surface area contributed by atoms with E-state index in [2.05, 4.69) is 15.2 Å². The molecule has 0 unspecified atom stereocenters. The number of nitrogens with zero attached hydrogens (tertiary/aromatic N) is 2. The second kappa shape index (κ2) is 10.2. The number of benzene rings is 2. The molecule has 0 bridgehead atoms. The molecule has 10 heteroatoms. The second-order valence-corrected chi connectivity index (χ2v) is 10.1. The summed E-state index contributed by atoms with van der Waals surface area (Å²) in [6, 6.07) is 12.8. The fraction of sp³-hybridized carbons (Fsp3) is 0.318. The number of sulfone groups is 1. The van der Waals surface area contributed by atoms with Gasteiger partial charge in [-0.25, -0.2) is 8.42 Å². The van der Waals surface area contributed by atoms with Crippen molar-refractivity contribution >= 4 is 38.9 Å². The topological polar surface area (TPSA) is 84.7 Å². The number of morpholine rings is 1. The van der Waals surface area contributed by atoms with Crippen LogP contribution in [0.4, 0.5) is 5.88 Å². The van der Waals surface area contributed by atoms with E-state index in [-0.39, 0.29) is 21.7 Å². The highest BCUT2D eigenvalue weighted by Gasteiger charge is 2.28. The second-order valence-electron chi connectivity index (χ2n) is 7.35. The Morgan fingerprint density at radius 3 is 2.25 bits per heavy atom. The van der Waals surface area contributed by atoms with E-state index in [0.29, 0.717) is 22.2 Å². The zero-order valence-corrected chi connectivity index (χ0v) is 19.6. The summed E-state index contributed by atoms with van der Waals surface area (Å²) in [5.74, 6) is 0.316. The summed E-state index contributed by atoms with van der Waals surface area (Å²) < 4.78 is 37.8. The third-order valence-electron chi connectivity index (χ3n) is 5.11. The molecular weight excluding hydrogens is 473 g/mol.